The summed E-state index contributed by atoms with van der Waals surface area (Å²) >= 11 is 0. The average Bonchev–Trinajstić information content (AvgIpc) is 2.78. The highest BCUT2D eigenvalue weighted by Crippen LogP contribution is 2.13. The molecule has 3 heterocycles. The lowest BCUT2D eigenvalue weighted by Crippen LogP contribution is -2.36. The van der Waals surface area contributed by atoms with E-state index in [0.717, 1.165) is 17.8 Å². The molecule has 4 rings (SSSR count). The number of hydrogen-bond donors (Lipinski definition) is 1. The zero-order valence-corrected chi connectivity index (χ0v) is 13.8. The highest BCUT2D eigenvalue weighted by atomic mass is 16.2. The second-order valence-electron chi connectivity index (χ2n) is 6.22. The standard InChI is InChI=1S/C17H18N6O2/c1-22-17(25)23-9-8-11(6-7-15(23)21-22)19-16(24)14-10-18-12-4-2-3-5-13(12)20-14/h2-5,10-11H,6-9H2,1H3,(H,19,24). The van der Waals surface area contributed by atoms with Gasteiger partial charge in [-0.25, -0.2) is 14.5 Å². The molecule has 1 aromatic carbocycles. The number of carbonyl (C=O) groups is 1. The highest BCUT2D eigenvalue weighted by Gasteiger charge is 2.22. The number of aryl methyl sites for hydroxylation is 2. The highest BCUT2D eigenvalue weighted by molar-refractivity contribution is 5.93. The second-order valence-corrected chi connectivity index (χ2v) is 6.22. The van der Waals surface area contributed by atoms with E-state index in [-0.39, 0.29) is 17.6 Å². The predicted molar refractivity (Wildman–Crippen MR) is 91.2 cm³/mol. The topological polar surface area (TPSA) is 94.7 Å². The number of fused-ring (bicyclic) bond motifs is 2. The van der Waals surface area contributed by atoms with Gasteiger partial charge in [0.1, 0.15) is 11.5 Å². The van der Waals surface area contributed by atoms with E-state index in [4.69, 9.17) is 0 Å². The Labute approximate surface area is 143 Å². The minimum absolute atomic E-state index is 0.0211. The van der Waals surface area contributed by atoms with Gasteiger partial charge in [0.15, 0.2) is 0 Å². The zero-order valence-electron chi connectivity index (χ0n) is 13.8. The molecule has 1 N–H and O–H groups in total. The maximum atomic E-state index is 12.5. The molecule has 1 aliphatic heterocycles. The van der Waals surface area contributed by atoms with Crippen molar-refractivity contribution in [2.75, 3.05) is 0 Å². The summed E-state index contributed by atoms with van der Waals surface area (Å²) < 4.78 is 3.04. The van der Waals surface area contributed by atoms with Crippen LogP contribution in [0.3, 0.4) is 0 Å². The van der Waals surface area contributed by atoms with Crippen LogP contribution in [0, 0.1) is 0 Å². The third-order valence-corrected chi connectivity index (χ3v) is 4.52. The molecule has 8 heteroatoms. The number of carbonyl (C=O) groups excluding carboxylic acids is 1. The number of hydrogen-bond acceptors (Lipinski definition) is 5. The molecule has 0 fully saturated rings. The molecule has 0 radical (unpaired) electrons. The number of nitrogens with zero attached hydrogens (tertiary/aromatic N) is 5. The minimum Gasteiger partial charge on any atom is -0.348 e. The van der Waals surface area contributed by atoms with E-state index >= 15 is 0 Å². The Balaban J connectivity index is 1.48. The van der Waals surface area contributed by atoms with Gasteiger partial charge in [0.25, 0.3) is 5.91 Å². The quantitative estimate of drug-likeness (QED) is 0.741. The van der Waals surface area contributed by atoms with Crippen molar-refractivity contribution in [3.8, 4) is 0 Å². The molecule has 1 atom stereocenters. The van der Waals surface area contributed by atoms with Crippen molar-refractivity contribution in [2.24, 2.45) is 7.05 Å². The summed E-state index contributed by atoms with van der Waals surface area (Å²) in [6.45, 7) is 0.552. The van der Waals surface area contributed by atoms with Gasteiger partial charge in [-0.1, -0.05) is 12.1 Å². The van der Waals surface area contributed by atoms with Crippen molar-refractivity contribution in [1.29, 1.82) is 0 Å². The Morgan fingerprint density at radius 3 is 2.88 bits per heavy atom. The lowest BCUT2D eigenvalue weighted by atomic mass is 10.1. The van der Waals surface area contributed by atoms with Crippen molar-refractivity contribution in [3.05, 3.63) is 52.5 Å². The van der Waals surface area contributed by atoms with Crippen LogP contribution in [-0.4, -0.2) is 36.3 Å². The molecule has 0 aliphatic carbocycles. The van der Waals surface area contributed by atoms with Crippen LogP contribution < -0.4 is 11.0 Å². The van der Waals surface area contributed by atoms with E-state index in [1.165, 1.54) is 10.9 Å². The van der Waals surface area contributed by atoms with Gasteiger partial charge in [-0.05, 0) is 25.0 Å². The Kier molecular flexibility index (Phi) is 3.79. The lowest BCUT2D eigenvalue weighted by molar-refractivity contribution is 0.0928. The maximum Gasteiger partial charge on any atom is 0.345 e. The van der Waals surface area contributed by atoms with Crippen LogP contribution in [0.25, 0.3) is 11.0 Å². The van der Waals surface area contributed by atoms with Crippen molar-refractivity contribution in [3.63, 3.8) is 0 Å². The van der Waals surface area contributed by atoms with E-state index in [2.05, 4.69) is 20.4 Å². The summed E-state index contributed by atoms with van der Waals surface area (Å²) in [5.41, 5.74) is 1.65. The molecular formula is C17H18N6O2. The largest absolute Gasteiger partial charge is 0.348 e. The number of rotatable bonds is 2. The van der Waals surface area contributed by atoms with Crippen LogP contribution in [-0.2, 0) is 20.0 Å². The smallest absolute Gasteiger partial charge is 0.345 e. The summed E-state index contributed by atoms with van der Waals surface area (Å²) in [7, 11) is 1.65. The Morgan fingerprint density at radius 2 is 2.04 bits per heavy atom. The third kappa shape index (κ3) is 2.90. The molecule has 0 saturated carbocycles. The van der Waals surface area contributed by atoms with Gasteiger partial charge in [0.05, 0.1) is 17.2 Å². The Morgan fingerprint density at radius 1 is 1.24 bits per heavy atom. The van der Waals surface area contributed by atoms with Gasteiger partial charge in [-0.15, -0.1) is 0 Å². The SMILES string of the molecule is Cn1nc2n(c1=O)CCC(NC(=O)c1cnc3ccccc3n1)CC2. The second kappa shape index (κ2) is 6.12. The molecule has 25 heavy (non-hydrogen) atoms. The van der Waals surface area contributed by atoms with Crippen LogP contribution in [0.15, 0.2) is 35.3 Å². The zero-order chi connectivity index (χ0) is 17.4. The van der Waals surface area contributed by atoms with Crippen LogP contribution in [0.2, 0.25) is 0 Å². The monoisotopic (exact) mass is 338 g/mol. The van der Waals surface area contributed by atoms with Gasteiger partial charge >= 0.3 is 5.69 Å². The first-order chi connectivity index (χ1) is 12.1. The molecule has 0 bridgehead atoms. The minimum atomic E-state index is -0.240. The van der Waals surface area contributed by atoms with E-state index < -0.39 is 0 Å². The summed E-state index contributed by atoms with van der Waals surface area (Å²) in [5, 5.41) is 7.26. The molecule has 8 nitrogen and oxygen atoms in total. The average molecular weight is 338 g/mol. The van der Waals surface area contributed by atoms with Gasteiger partial charge in [0, 0.05) is 26.1 Å². The first-order valence-corrected chi connectivity index (χ1v) is 8.27. The molecule has 0 saturated heterocycles. The molecule has 3 aromatic rings. The summed E-state index contributed by atoms with van der Waals surface area (Å²) in [6.07, 6.45) is 3.58. The predicted octanol–water partition coefficient (Wildman–Crippen LogP) is 0.660. The number of para-hydroxylation sites is 2. The molecule has 0 spiro atoms. The van der Waals surface area contributed by atoms with E-state index in [9.17, 15) is 9.59 Å². The molecular weight excluding hydrogens is 320 g/mol. The molecule has 1 aliphatic rings. The first-order valence-electron chi connectivity index (χ1n) is 8.27. The molecule has 2 aromatic heterocycles. The number of amides is 1. The van der Waals surface area contributed by atoms with Crippen LogP contribution >= 0.6 is 0 Å². The van der Waals surface area contributed by atoms with E-state index in [0.29, 0.717) is 30.6 Å². The molecule has 1 unspecified atom stereocenters. The normalized spacial score (nSPS) is 17.1. The van der Waals surface area contributed by atoms with Crippen molar-refractivity contribution in [2.45, 2.75) is 31.8 Å². The Bertz CT molecular complexity index is 1010. The lowest BCUT2D eigenvalue weighted by Gasteiger charge is -2.15. The van der Waals surface area contributed by atoms with Gasteiger partial charge in [-0.3, -0.25) is 14.3 Å². The summed E-state index contributed by atoms with van der Waals surface area (Å²) in [5.74, 6) is 0.533. The summed E-state index contributed by atoms with van der Waals surface area (Å²) in [4.78, 5) is 33.1. The number of nitrogens with one attached hydrogen (secondary N) is 1. The van der Waals surface area contributed by atoms with E-state index in [1.807, 2.05) is 24.3 Å². The number of aromatic nitrogens is 5. The van der Waals surface area contributed by atoms with E-state index in [1.54, 1.807) is 11.6 Å². The molecule has 128 valence electrons. The van der Waals surface area contributed by atoms with Crippen molar-refractivity contribution < 1.29 is 4.79 Å². The molecule has 1 amide bonds. The maximum absolute atomic E-state index is 12.5. The third-order valence-electron chi connectivity index (χ3n) is 4.52. The van der Waals surface area contributed by atoms with Gasteiger partial charge < -0.3 is 5.32 Å². The first kappa shape index (κ1) is 15.5. The number of benzene rings is 1. The summed E-state index contributed by atoms with van der Waals surface area (Å²) in [6, 6.07) is 7.42. The fourth-order valence-electron chi connectivity index (χ4n) is 3.17. The van der Waals surface area contributed by atoms with Crippen molar-refractivity contribution in [1.82, 2.24) is 29.6 Å². The van der Waals surface area contributed by atoms with Crippen LogP contribution in [0.4, 0.5) is 0 Å². The fourth-order valence-corrected chi connectivity index (χ4v) is 3.17. The van der Waals surface area contributed by atoms with Crippen LogP contribution in [0.5, 0.6) is 0 Å². The fraction of sp³-hybridized carbons (Fsp3) is 0.353. The van der Waals surface area contributed by atoms with Gasteiger partial charge in [-0.2, -0.15) is 5.10 Å². The van der Waals surface area contributed by atoms with Crippen molar-refractivity contribution >= 4 is 16.9 Å². The van der Waals surface area contributed by atoms with Crippen LogP contribution in [0.1, 0.15) is 29.2 Å². The van der Waals surface area contributed by atoms with Gasteiger partial charge in [0.2, 0.25) is 0 Å². The Hall–Kier alpha value is -3.03.